The summed E-state index contributed by atoms with van der Waals surface area (Å²) in [6.45, 7) is -1.48. The molecule has 0 fully saturated rings. The summed E-state index contributed by atoms with van der Waals surface area (Å²) in [7, 11) is 0. The zero-order chi connectivity index (χ0) is 16.7. The van der Waals surface area contributed by atoms with Crippen molar-refractivity contribution in [2.45, 2.75) is 18.5 Å². The molecule has 1 amide bonds. The lowest BCUT2D eigenvalue weighted by Crippen LogP contribution is -2.39. The molecule has 124 valence electrons. The van der Waals surface area contributed by atoms with Crippen molar-refractivity contribution in [3.05, 3.63) is 54.2 Å². The molecule has 0 N–H and O–H groups in total. The van der Waals surface area contributed by atoms with Crippen LogP contribution in [0.4, 0.5) is 13.2 Å². The van der Waals surface area contributed by atoms with Crippen LogP contribution in [-0.4, -0.2) is 34.3 Å². The van der Waals surface area contributed by atoms with E-state index in [2.05, 4.69) is 4.98 Å². The van der Waals surface area contributed by atoms with Gasteiger partial charge in [0.05, 0.1) is 18.6 Å². The van der Waals surface area contributed by atoms with Gasteiger partial charge in [-0.2, -0.15) is 13.2 Å². The minimum atomic E-state index is -4.45. The van der Waals surface area contributed by atoms with Gasteiger partial charge in [-0.1, -0.05) is 0 Å². The molecule has 0 saturated heterocycles. The maximum atomic E-state index is 12.6. The molecule has 4 nitrogen and oxygen atoms in total. The Hall–Kier alpha value is -1.96. The van der Waals surface area contributed by atoms with Crippen LogP contribution in [0.3, 0.4) is 0 Å². The van der Waals surface area contributed by atoms with Gasteiger partial charge in [0.2, 0.25) is 5.91 Å². The summed E-state index contributed by atoms with van der Waals surface area (Å²) in [5.74, 6) is 0.257. The van der Waals surface area contributed by atoms with E-state index in [-0.39, 0.29) is 12.3 Å². The molecule has 0 spiro atoms. The fraction of sp³-hybridized carbons (Fsp3) is 0.333. The summed E-state index contributed by atoms with van der Waals surface area (Å²) >= 11 is 1.26. The number of furan rings is 1. The van der Waals surface area contributed by atoms with Crippen LogP contribution in [0.1, 0.15) is 11.3 Å². The number of carbonyl (C=O) groups is 1. The van der Waals surface area contributed by atoms with E-state index in [9.17, 15) is 18.0 Å². The molecule has 23 heavy (non-hydrogen) atoms. The lowest BCUT2D eigenvalue weighted by atomic mass is 10.3. The number of halogens is 3. The quantitative estimate of drug-likeness (QED) is 0.771. The highest BCUT2D eigenvalue weighted by Gasteiger charge is 2.33. The summed E-state index contributed by atoms with van der Waals surface area (Å²) in [5, 5.41) is 0. The molecule has 0 saturated carbocycles. The Kier molecular flexibility index (Phi) is 6.09. The van der Waals surface area contributed by atoms with Gasteiger partial charge in [-0.05, 0) is 29.8 Å². The largest absolute Gasteiger partial charge is 0.467 e. The van der Waals surface area contributed by atoms with Crippen molar-refractivity contribution in [1.29, 1.82) is 0 Å². The SMILES string of the molecule is O=C(CSCc1ccncc1)N(Cc1ccco1)CC(F)(F)F. The van der Waals surface area contributed by atoms with E-state index in [0.717, 1.165) is 10.5 Å². The van der Waals surface area contributed by atoms with Gasteiger partial charge in [0.25, 0.3) is 0 Å². The van der Waals surface area contributed by atoms with Gasteiger partial charge in [-0.3, -0.25) is 9.78 Å². The van der Waals surface area contributed by atoms with Crippen LogP contribution in [0.5, 0.6) is 0 Å². The van der Waals surface area contributed by atoms with Gasteiger partial charge >= 0.3 is 6.18 Å². The van der Waals surface area contributed by atoms with Gasteiger partial charge < -0.3 is 9.32 Å². The lowest BCUT2D eigenvalue weighted by Gasteiger charge is -2.23. The highest BCUT2D eigenvalue weighted by atomic mass is 32.2. The lowest BCUT2D eigenvalue weighted by molar-refractivity contribution is -0.161. The average molecular weight is 344 g/mol. The summed E-state index contributed by atoms with van der Waals surface area (Å²) in [6.07, 6.45) is 0.178. The van der Waals surface area contributed by atoms with Gasteiger partial charge in [0, 0.05) is 18.1 Å². The topological polar surface area (TPSA) is 46.3 Å². The van der Waals surface area contributed by atoms with Crippen molar-refractivity contribution in [2.24, 2.45) is 0 Å². The molecule has 0 aliphatic rings. The minimum absolute atomic E-state index is 0.0287. The Labute approximate surface area is 135 Å². The zero-order valence-electron chi connectivity index (χ0n) is 12.1. The normalized spacial score (nSPS) is 11.4. The van der Waals surface area contributed by atoms with Crippen LogP contribution in [0.15, 0.2) is 47.3 Å². The van der Waals surface area contributed by atoms with E-state index in [4.69, 9.17) is 4.42 Å². The number of rotatable bonds is 7. The number of carbonyl (C=O) groups excluding carboxylic acids is 1. The molecule has 0 radical (unpaired) electrons. The third-order valence-corrected chi connectivity index (χ3v) is 3.88. The van der Waals surface area contributed by atoms with E-state index >= 15 is 0 Å². The number of nitrogens with zero attached hydrogens (tertiary/aromatic N) is 2. The van der Waals surface area contributed by atoms with Gasteiger partial charge in [-0.15, -0.1) is 11.8 Å². The summed E-state index contributed by atoms with van der Waals surface area (Å²) < 4.78 is 43.0. The van der Waals surface area contributed by atoms with Crippen molar-refractivity contribution in [3.8, 4) is 0 Å². The van der Waals surface area contributed by atoms with E-state index in [1.807, 2.05) is 0 Å². The number of amides is 1. The summed E-state index contributed by atoms with van der Waals surface area (Å²) in [5.41, 5.74) is 0.964. The van der Waals surface area contributed by atoms with E-state index in [1.54, 1.807) is 36.7 Å². The van der Waals surface area contributed by atoms with Crippen LogP contribution in [-0.2, 0) is 17.1 Å². The standard InChI is InChI=1S/C15H15F3N2O2S/c16-15(17,18)11-20(8-13-2-1-7-22-13)14(21)10-23-9-12-3-5-19-6-4-12/h1-7H,8-11H2. The molecule has 0 atom stereocenters. The third kappa shape index (κ3) is 6.35. The number of thioether (sulfide) groups is 1. The first-order chi connectivity index (χ1) is 10.9. The number of hydrogen-bond acceptors (Lipinski definition) is 4. The molecule has 8 heteroatoms. The number of alkyl halides is 3. The first-order valence-electron chi connectivity index (χ1n) is 6.77. The molecule has 0 aliphatic heterocycles. The molecule has 0 aromatic carbocycles. The average Bonchev–Trinajstić information content (AvgIpc) is 2.99. The third-order valence-electron chi connectivity index (χ3n) is 2.89. The second kappa shape index (κ2) is 8.05. The first kappa shape index (κ1) is 17.4. The fourth-order valence-electron chi connectivity index (χ4n) is 1.87. The molecule has 2 aromatic heterocycles. The van der Waals surface area contributed by atoms with Gasteiger partial charge in [0.15, 0.2) is 0 Å². The molecule has 2 heterocycles. The predicted octanol–water partition coefficient (Wildman–Crippen LogP) is 3.50. The first-order valence-corrected chi connectivity index (χ1v) is 7.93. The Morgan fingerprint density at radius 1 is 1.26 bits per heavy atom. The molecule has 2 rings (SSSR count). The van der Waals surface area contributed by atoms with Crippen LogP contribution in [0.2, 0.25) is 0 Å². The number of aromatic nitrogens is 1. The molecule has 2 aromatic rings. The van der Waals surface area contributed by atoms with E-state index in [1.165, 1.54) is 18.0 Å². The zero-order valence-corrected chi connectivity index (χ0v) is 12.9. The molecular weight excluding hydrogens is 329 g/mol. The van der Waals surface area contributed by atoms with Crippen molar-refractivity contribution >= 4 is 17.7 Å². The Morgan fingerprint density at radius 2 is 2.00 bits per heavy atom. The number of hydrogen-bond donors (Lipinski definition) is 0. The smallest absolute Gasteiger partial charge is 0.406 e. The Balaban J connectivity index is 1.90. The van der Waals surface area contributed by atoms with Crippen LogP contribution >= 0.6 is 11.8 Å². The highest BCUT2D eigenvalue weighted by Crippen LogP contribution is 2.20. The fourth-order valence-corrected chi connectivity index (χ4v) is 2.75. The predicted molar refractivity (Wildman–Crippen MR) is 80.6 cm³/mol. The van der Waals surface area contributed by atoms with Crippen LogP contribution < -0.4 is 0 Å². The van der Waals surface area contributed by atoms with Crippen molar-refractivity contribution < 1.29 is 22.4 Å². The van der Waals surface area contributed by atoms with Gasteiger partial charge in [0.1, 0.15) is 12.3 Å². The molecule has 0 aliphatic carbocycles. The Morgan fingerprint density at radius 3 is 2.61 bits per heavy atom. The van der Waals surface area contributed by atoms with Crippen molar-refractivity contribution in [3.63, 3.8) is 0 Å². The van der Waals surface area contributed by atoms with Crippen LogP contribution in [0.25, 0.3) is 0 Å². The maximum absolute atomic E-state index is 12.6. The molecular formula is C15H15F3N2O2S. The minimum Gasteiger partial charge on any atom is -0.467 e. The second-order valence-corrected chi connectivity index (χ2v) is 5.78. The Bertz CT molecular complexity index is 603. The van der Waals surface area contributed by atoms with Crippen molar-refractivity contribution in [2.75, 3.05) is 12.3 Å². The summed E-state index contributed by atoms with van der Waals surface area (Å²) in [4.78, 5) is 16.7. The van der Waals surface area contributed by atoms with Gasteiger partial charge in [-0.25, -0.2) is 0 Å². The van der Waals surface area contributed by atoms with E-state index < -0.39 is 18.6 Å². The monoisotopic (exact) mass is 344 g/mol. The molecule has 0 unspecified atom stereocenters. The van der Waals surface area contributed by atoms with Crippen LogP contribution in [0, 0.1) is 0 Å². The maximum Gasteiger partial charge on any atom is 0.406 e. The molecule has 0 bridgehead atoms. The van der Waals surface area contributed by atoms with Crippen molar-refractivity contribution in [1.82, 2.24) is 9.88 Å². The highest BCUT2D eigenvalue weighted by molar-refractivity contribution is 7.99. The summed E-state index contributed by atoms with van der Waals surface area (Å²) in [6, 6.07) is 6.71. The van der Waals surface area contributed by atoms with E-state index in [0.29, 0.717) is 11.5 Å². The second-order valence-electron chi connectivity index (χ2n) is 4.79. The number of pyridine rings is 1.